The van der Waals surface area contributed by atoms with Gasteiger partial charge in [0.1, 0.15) is 0 Å². The minimum Gasteiger partial charge on any atom is -0.293 e. The number of hydrogen-bond donors (Lipinski definition) is 0. The normalized spacial score (nSPS) is 38.6. The average Bonchev–Trinajstić information content (AvgIpc) is 2.47. The van der Waals surface area contributed by atoms with Crippen LogP contribution in [0.1, 0.15) is 59.3 Å². The molecule has 1 saturated heterocycles. The summed E-state index contributed by atoms with van der Waals surface area (Å²) in [5.41, 5.74) is 0.0598. The number of hydrogen-bond acceptors (Lipinski definition) is 2. The topological polar surface area (TPSA) is 12.5 Å². The predicted octanol–water partition coefficient (Wildman–Crippen LogP) is 3.62. The summed E-state index contributed by atoms with van der Waals surface area (Å²) in [4.78, 5) is 5.98. The van der Waals surface area contributed by atoms with Gasteiger partial charge in [-0.1, -0.05) is 26.2 Å². The molecule has 0 aromatic carbocycles. The lowest BCUT2D eigenvalue weighted by Crippen LogP contribution is -2.38. The Labute approximate surface area is 100 Å². The third-order valence-corrected chi connectivity index (χ3v) is 4.63. The molecule has 3 unspecified atom stereocenters. The lowest BCUT2D eigenvalue weighted by atomic mass is 9.71. The SMILES string of the molecule is CCCCC1CCC2C(C1)C(C)(C)ON2C. The summed E-state index contributed by atoms with van der Waals surface area (Å²) in [5.74, 6) is 1.70. The van der Waals surface area contributed by atoms with Gasteiger partial charge in [0.15, 0.2) is 0 Å². The van der Waals surface area contributed by atoms with Gasteiger partial charge in [0.25, 0.3) is 0 Å². The summed E-state index contributed by atoms with van der Waals surface area (Å²) in [6.07, 6.45) is 8.29. The van der Waals surface area contributed by atoms with Crippen molar-refractivity contribution in [3.8, 4) is 0 Å². The molecule has 2 rings (SSSR count). The van der Waals surface area contributed by atoms with E-state index < -0.39 is 0 Å². The molecule has 0 amide bonds. The fourth-order valence-electron chi connectivity index (χ4n) is 3.69. The summed E-state index contributed by atoms with van der Waals surface area (Å²) < 4.78 is 0. The first-order chi connectivity index (χ1) is 7.54. The van der Waals surface area contributed by atoms with E-state index in [1.165, 1.54) is 38.5 Å². The van der Waals surface area contributed by atoms with Crippen molar-refractivity contribution in [3.05, 3.63) is 0 Å². The highest BCUT2D eigenvalue weighted by molar-refractivity contribution is 4.96. The Balaban J connectivity index is 1.96. The molecular formula is C14H27NO. The maximum atomic E-state index is 5.98. The Morgan fingerprint density at radius 3 is 2.75 bits per heavy atom. The molecule has 1 saturated carbocycles. The van der Waals surface area contributed by atoms with Gasteiger partial charge in [-0.15, -0.1) is 0 Å². The summed E-state index contributed by atoms with van der Waals surface area (Å²) in [6, 6.07) is 0.674. The second kappa shape index (κ2) is 4.66. The number of fused-ring (bicyclic) bond motifs is 1. The van der Waals surface area contributed by atoms with Crippen LogP contribution in [0.4, 0.5) is 0 Å². The molecule has 0 N–H and O–H groups in total. The van der Waals surface area contributed by atoms with E-state index in [1.54, 1.807) is 0 Å². The fraction of sp³-hybridized carbons (Fsp3) is 1.00. The molecule has 0 bridgehead atoms. The molecule has 2 aliphatic rings. The Hall–Kier alpha value is -0.0800. The molecule has 3 atom stereocenters. The summed E-state index contributed by atoms with van der Waals surface area (Å²) >= 11 is 0. The van der Waals surface area contributed by atoms with Crippen LogP contribution in [0, 0.1) is 11.8 Å². The van der Waals surface area contributed by atoms with Crippen LogP contribution in [0.3, 0.4) is 0 Å². The molecule has 16 heavy (non-hydrogen) atoms. The molecule has 94 valence electrons. The van der Waals surface area contributed by atoms with E-state index in [4.69, 9.17) is 4.84 Å². The van der Waals surface area contributed by atoms with Gasteiger partial charge in [0.05, 0.1) is 5.60 Å². The number of unbranched alkanes of at least 4 members (excludes halogenated alkanes) is 1. The highest BCUT2D eigenvalue weighted by atomic mass is 16.7. The molecule has 1 aliphatic heterocycles. The first kappa shape index (κ1) is 12.4. The molecule has 2 nitrogen and oxygen atoms in total. The van der Waals surface area contributed by atoms with Gasteiger partial charge in [0.2, 0.25) is 0 Å². The van der Waals surface area contributed by atoms with Crippen molar-refractivity contribution in [2.24, 2.45) is 11.8 Å². The van der Waals surface area contributed by atoms with Crippen molar-refractivity contribution < 1.29 is 4.84 Å². The van der Waals surface area contributed by atoms with Crippen molar-refractivity contribution in [3.63, 3.8) is 0 Å². The summed E-state index contributed by atoms with van der Waals surface area (Å²) in [5, 5.41) is 2.13. The van der Waals surface area contributed by atoms with Gasteiger partial charge >= 0.3 is 0 Å². The van der Waals surface area contributed by atoms with Gasteiger partial charge in [0, 0.05) is 19.0 Å². The van der Waals surface area contributed by atoms with E-state index in [-0.39, 0.29) is 5.60 Å². The van der Waals surface area contributed by atoms with Crippen LogP contribution in [0.15, 0.2) is 0 Å². The summed E-state index contributed by atoms with van der Waals surface area (Å²) in [7, 11) is 2.11. The van der Waals surface area contributed by atoms with Crippen LogP contribution >= 0.6 is 0 Å². The molecule has 1 aliphatic carbocycles. The van der Waals surface area contributed by atoms with E-state index in [0.29, 0.717) is 6.04 Å². The third kappa shape index (κ3) is 2.28. The second-order valence-corrected chi connectivity index (χ2v) is 6.24. The van der Waals surface area contributed by atoms with Gasteiger partial charge in [-0.2, -0.15) is 5.06 Å². The van der Waals surface area contributed by atoms with Crippen LogP contribution in [-0.2, 0) is 4.84 Å². The number of hydroxylamine groups is 2. The Morgan fingerprint density at radius 1 is 1.31 bits per heavy atom. The zero-order valence-corrected chi connectivity index (χ0v) is 11.3. The largest absolute Gasteiger partial charge is 0.293 e. The van der Waals surface area contributed by atoms with E-state index in [9.17, 15) is 0 Å². The van der Waals surface area contributed by atoms with Crippen LogP contribution in [0.25, 0.3) is 0 Å². The Kier molecular flexibility index (Phi) is 3.60. The third-order valence-electron chi connectivity index (χ3n) is 4.63. The molecule has 2 heteroatoms. The standard InChI is InChI=1S/C14H27NO/c1-5-6-7-11-8-9-13-12(10-11)14(2,3)16-15(13)4/h11-13H,5-10H2,1-4H3. The van der Waals surface area contributed by atoms with E-state index in [1.807, 2.05) is 0 Å². The second-order valence-electron chi connectivity index (χ2n) is 6.24. The Morgan fingerprint density at radius 2 is 2.06 bits per heavy atom. The van der Waals surface area contributed by atoms with E-state index >= 15 is 0 Å². The molecule has 2 fully saturated rings. The zero-order chi connectivity index (χ0) is 11.8. The quantitative estimate of drug-likeness (QED) is 0.727. The first-order valence-electron chi connectivity index (χ1n) is 6.96. The van der Waals surface area contributed by atoms with Gasteiger partial charge in [-0.25, -0.2) is 0 Å². The lowest BCUT2D eigenvalue weighted by molar-refractivity contribution is -0.178. The van der Waals surface area contributed by atoms with Crippen LogP contribution < -0.4 is 0 Å². The molecular weight excluding hydrogens is 198 g/mol. The highest BCUT2D eigenvalue weighted by Crippen LogP contribution is 2.46. The molecule has 0 aromatic rings. The minimum absolute atomic E-state index is 0.0598. The van der Waals surface area contributed by atoms with E-state index in [2.05, 4.69) is 32.9 Å². The maximum absolute atomic E-state index is 5.98. The number of rotatable bonds is 3. The van der Waals surface area contributed by atoms with Crippen molar-refractivity contribution in [1.29, 1.82) is 0 Å². The molecule has 1 heterocycles. The van der Waals surface area contributed by atoms with Crippen molar-refractivity contribution in [1.82, 2.24) is 5.06 Å². The maximum Gasteiger partial charge on any atom is 0.0887 e. The highest BCUT2D eigenvalue weighted by Gasteiger charge is 2.49. The van der Waals surface area contributed by atoms with E-state index in [0.717, 1.165) is 11.8 Å². The van der Waals surface area contributed by atoms with Gasteiger partial charge in [-0.05, 0) is 39.0 Å². The van der Waals surface area contributed by atoms with Crippen molar-refractivity contribution in [2.75, 3.05) is 7.05 Å². The van der Waals surface area contributed by atoms with Crippen LogP contribution in [0.2, 0.25) is 0 Å². The van der Waals surface area contributed by atoms with Gasteiger partial charge in [-0.3, -0.25) is 4.84 Å². The monoisotopic (exact) mass is 225 g/mol. The molecule has 0 radical (unpaired) electrons. The molecule has 0 spiro atoms. The van der Waals surface area contributed by atoms with Crippen molar-refractivity contribution >= 4 is 0 Å². The lowest BCUT2D eigenvalue weighted by Gasteiger charge is -2.35. The first-order valence-corrected chi connectivity index (χ1v) is 6.96. The van der Waals surface area contributed by atoms with Crippen molar-refractivity contribution in [2.45, 2.75) is 70.9 Å². The Bertz CT molecular complexity index is 239. The van der Waals surface area contributed by atoms with Crippen LogP contribution in [-0.4, -0.2) is 23.8 Å². The summed E-state index contributed by atoms with van der Waals surface area (Å²) in [6.45, 7) is 6.81. The van der Waals surface area contributed by atoms with Gasteiger partial charge < -0.3 is 0 Å². The predicted molar refractivity (Wildman–Crippen MR) is 67.1 cm³/mol. The fourth-order valence-corrected chi connectivity index (χ4v) is 3.69. The smallest absolute Gasteiger partial charge is 0.0887 e. The molecule has 0 aromatic heterocycles. The number of nitrogens with zero attached hydrogens (tertiary/aromatic N) is 1. The zero-order valence-electron chi connectivity index (χ0n) is 11.3. The minimum atomic E-state index is 0.0598. The average molecular weight is 225 g/mol. The van der Waals surface area contributed by atoms with Crippen LogP contribution in [0.5, 0.6) is 0 Å².